The fourth-order valence-electron chi connectivity index (χ4n) is 4.17. The molecule has 2 aromatic carbocycles. The highest BCUT2D eigenvalue weighted by atomic mass is 16.5. The third kappa shape index (κ3) is 4.19. The molecule has 28 heavy (non-hydrogen) atoms. The zero-order chi connectivity index (χ0) is 20.1. The van der Waals surface area contributed by atoms with Gasteiger partial charge in [0.15, 0.2) is 0 Å². The summed E-state index contributed by atoms with van der Waals surface area (Å²) in [7, 11) is 0. The Kier molecular flexibility index (Phi) is 6.34. The van der Waals surface area contributed by atoms with Gasteiger partial charge in [0.1, 0.15) is 6.61 Å². The average molecular weight is 381 g/mol. The maximum absolute atomic E-state index is 12.4. The first-order chi connectivity index (χ1) is 13.5. The number of fused-ring (bicyclic) bond motifs is 3. The Morgan fingerprint density at radius 2 is 1.54 bits per heavy atom. The maximum Gasteiger partial charge on any atom is 0.407 e. The minimum Gasteiger partial charge on any atom is -0.481 e. The highest BCUT2D eigenvalue weighted by Crippen LogP contribution is 2.44. The molecule has 0 radical (unpaired) electrons. The van der Waals surface area contributed by atoms with E-state index >= 15 is 0 Å². The number of rotatable bonds is 8. The lowest BCUT2D eigenvalue weighted by Gasteiger charge is -2.25. The van der Waals surface area contributed by atoms with Crippen molar-refractivity contribution < 1.29 is 19.4 Å². The van der Waals surface area contributed by atoms with Crippen molar-refractivity contribution in [2.75, 3.05) is 6.61 Å². The number of carboxylic acid groups (broad SMARTS) is 1. The third-order valence-corrected chi connectivity index (χ3v) is 5.66. The Morgan fingerprint density at radius 1 is 1.00 bits per heavy atom. The van der Waals surface area contributed by atoms with Gasteiger partial charge in [0.25, 0.3) is 0 Å². The normalized spacial score (nSPS) is 13.7. The molecule has 1 aliphatic carbocycles. The topological polar surface area (TPSA) is 75.6 Å². The number of carboxylic acids is 1. The zero-order valence-corrected chi connectivity index (χ0v) is 16.4. The van der Waals surface area contributed by atoms with Crippen molar-refractivity contribution in [2.45, 2.75) is 45.1 Å². The molecule has 1 aliphatic rings. The second-order valence-electron chi connectivity index (χ2n) is 7.25. The fourth-order valence-corrected chi connectivity index (χ4v) is 4.17. The van der Waals surface area contributed by atoms with Crippen LogP contribution >= 0.6 is 0 Å². The van der Waals surface area contributed by atoms with Gasteiger partial charge in [0, 0.05) is 12.0 Å². The van der Waals surface area contributed by atoms with Gasteiger partial charge in [-0.15, -0.1) is 0 Å². The van der Waals surface area contributed by atoms with E-state index in [9.17, 15) is 9.59 Å². The highest BCUT2D eigenvalue weighted by molar-refractivity contribution is 5.79. The molecule has 1 atom stereocenters. The van der Waals surface area contributed by atoms with Crippen molar-refractivity contribution in [3.05, 3.63) is 59.7 Å². The Balaban J connectivity index is 1.69. The predicted octanol–water partition coefficient (Wildman–Crippen LogP) is 4.80. The molecule has 0 fully saturated rings. The smallest absolute Gasteiger partial charge is 0.407 e. The molecule has 0 spiro atoms. The van der Waals surface area contributed by atoms with Gasteiger partial charge in [-0.25, -0.2) is 4.79 Å². The van der Waals surface area contributed by atoms with Crippen LogP contribution in [0.3, 0.4) is 0 Å². The van der Waals surface area contributed by atoms with E-state index in [4.69, 9.17) is 9.84 Å². The van der Waals surface area contributed by atoms with Gasteiger partial charge in [0.2, 0.25) is 0 Å². The summed E-state index contributed by atoms with van der Waals surface area (Å²) in [5.41, 5.74) is 4.65. The lowest BCUT2D eigenvalue weighted by molar-refractivity contribution is -0.137. The van der Waals surface area contributed by atoms with E-state index in [-0.39, 0.29) is 24.9 Å². The van der Waals surface area contributed by atoms with Crippen LogP contribution < -0.4 is 5.32 Å². The molecular weight excluding hydrogens is 354 g/mol. The van der Waals surface area contributed by atoms with Crippen LogP contribution in [-0.2, 0) is 9.53 Å². The molecule has 5 nitrogen and oxygen atoms in total. The monoisotopic (exact) mass is 381 g/mol. The van der Waals surface area contributed by atoms with Crippen LogP contribution in [0.2, 0.25) is 0 Å². The summed E-state index contributed by atoms with van der Waals surface area (Å²) in [5, 5.41) is 11.9. The maximum atomic E-state index is 12.4. The van der Waals surface area contributed by atoms with Crippen molar-refractivity contribution in [1.29, 1.82) is 0 Å². The summed E-state index contributed by atoms with van der Waals surface area (Å²) < 4.78 is 5.55. The van der Waals surface area contributed by atoms with Crippen LogP contribution in [0.5, 0.6) is 0 Å². The Labute approximate surface area is 165 Å². The largest absolute Gasteiger partial charge is 0.481 e. The summed E-state index contributed by atoms with van der Waals surface area (Å²) >= 11 is 0. The Bertz CT molecular complexity index is 799. The molecule has 0 aliphatic heterocycles. The van der Waals surface area contributed by atoms with Crippen molar-refractivity contribution in [3.8, 4) is 11.1 Å². The first-order valence-corrected chi connectivity index (χ1v) is 9.88. The van der Waals surface area contributed by atoms with Crippen molar-refractivity contribution in [2.24, 2.45) is 5.92 Å². The SMILES string of the molecule is CCC(CC)[C@H](CC(=O)O)NC(=O)OCC1c2ccccc2-c2ccccc21. The number of hydrogen-bond acceptors (Lipinski definition) is 3. The van der Waals surface area contributed by atoms with Gasteiger partial charge in [-0.2, -0.15) is 0 Å². The number of carbonyl (C=O) groups excluding carboxylic acids is 1. The summed E-state index contributed by atoms with van der Waals surface area (Å²) in [5.74, 6) is -0.823. The number of ether oxygens (including phenoxy) is 1. The predicted molar refractivity (Wildman–Crippen MR) is 108 cm³/mol. The number of nitrogens with one attached hydrogen (secondary N) is 1. The van der Waals surface area contributed by atoms with Crippen molar-refractivity contribution in [3.63, 3.8) is 0 Å². The van der Waals surface area contributed by atoms with Crippen LogP contribution in [0, 0.1) is 5.92 Å². The number of amides is 1. The van der Waals surface area contributed by atoms with Crippen LogP contribution in [-0.4, -0.2) is 29.8 Å². The summed E-state index contributed by atoms with van der Waals surface area (Å²) in [4.78, 5) is 23.6. The van der Waals surface area contributed by atoms with Crippen LogP contribution in [0.1, 0.15) is 50.2 Å². The first-order valence-electron chi connectivity index (χ1n) is 9.88. The zero-order valence-electron chi connectivity index (χ0n) is 16.4. The van der Waals surface area contributed by atoms with Crippen LogP contribution in [0.15, 0.2) is 48.5 Å². The Morgan fingerprint density at radius 3 is 2.04 bits per heavy atom. The van der Waals surface area contributed by atoms with E-state index in [2.05, 4.69) is 29.6 Å². The summed E-state index contributed by atoms with van der Waals surface area (Å²) in [6.45, 7) is 4.23. The van der Waals surface area contributed by atoms with E-state index in [1.807, 2.05) is 38.1 Å². The minimum absolute atomic E-state index is 0.00998. The second kappa shape index (κ2) is 8.91. The van der Waals surface area contributed by atoms with Gasteiger partial charge in [-0.1, -0.05) is 75.2 Å². The molecule has 0 saturated carbocycles. The lowest BCUT2D eigenvalue weighted by Crippen LogP contribution is -2.42. The number of carbonyl (C=O) groups is 2. The van der Waals surface area contributed by atoms with Crippen LogP contribution in [0.25, 0.3) is 11.1 Å². The van der Waals surface area contributed by atoms with E-state index in [1.54, 1.807) is 0 Å². The van der Waals surface area contributed by atoms with E-state index in [0.29, 0.717) is 0 Å². The molecule has 0 unspecified atom stereocenters. The lowest BCUT2D eigenvalue weighted by atomic mass is 9.92. The molecule has 3 rings (SSSR count). The van der Waals surface area contributed by atoms with Gasteiger partial charge < -0.3 is 15.2 Å². The summed E-state index contributed by atoms with van der Waals surface area (Å²) in [6, 6.07) is 15.9. The van der Waals surface area contributed by atoms with Crippen LogP contribution in [0.4, 0.5) is 4.79 Å². The average Bonchev–Trinajstić information content (AvgIpc) is 3.01. The molecule has 0 saturated heterocycles. The van der Waals surface area contributed by atoms with E-state index in [0.717, 1.165) is 24.0 Å². The van der Waals surface area contributed by atoms with Gasteiger partial charge in [-0.3, -0.25) is 4.79 Å². The second-order valence-corrected chi connectivity index (χ2v) is 7.25. The fraction of sp³-hybridized carbons (Fsp3) is 0.391. The molecule has 0 aromatic heterocycles. The highest BCUT2D eigenvalue weighted by Gasteiger charge is 2.30. The molecule has 148 valence electrons. The molecule has 2 aromatic rings. The summed E-state index contributed by atoms with van der Waals surface area (Å²) in [6.07, 6.45) is 0.951. The number of benzene rings is 2. The molecular formula is C23H27NO4. The first kappa shape index (κ1) is 19.9. The molecule has 0 bridgehead atoms. The number of hydrogen-bond donors (Lipinski definition) is 2. The minimum atomic E-state index is -0.921. The van der Waals surface area contributed by atoms with Crippen molar-refractivity contribution in [1.82, 2.24) is 5.32 Å². The quantitative estimate of drug-likeness (QED) is 0.688. The molecule has 2 N–H and O–H groups in total. The number of alkyl carbamates (subject to hydrolysis) is 1. The van der Waals surface area contributed by atoms with E-state index in [1.165, 1.54) is 11.1 Å². The Hall–Kier alpha value is -2.82. The van der Waals surface area contributed by atoms with Gasteiger partial charge in [-0.05, 0) is 28.2 Å². The van der Waals surface area contributed by atoms with Gasteiger partial charge in [0.05, 0.1) is 6.42 Å². The molecule has 5 heteroatoms. The van der Waals surface area contributed by atoms with Crippen molar-refractivity contribution >= 4 is 12.1 Å². The third-order valence-electron chi connectivity index (χ3n) is 5.66. The molecule has 0 heterocycles. The number of aliphatic carboxylic acids is 1. The van der Waals surface area contributed by atoms with Gasteiger partial charge >= 0.3 is 12.1 Å². The van der Waals surface area contributed by atoms with E-state index < -0.39 is 18.1 Å². The standard InChI is InChI=1S/C23H27NO4/c1-3-15(4-2)21(13-22(25)26)24-23(27)28-14-20-18-11-7-5-9-16(18)17-10-6-8-12-19(17)20/h5-12,15,20-21H,3-4,13-14H2,1-2H3,(H,24,27)(H,25,26)/t21-/m0/s1. The molecule has 1 amide bonds.